The van der Waals surface area contributed by atoms with Crippen LogP contribution in [0.2, 0.25) is 0 Å². The second-order valence-electron chi connectivity index (χ2n) is 10.7. The third-order valence-electron chi connectivity index (χ3n) is 7.26. The van der Waals surface area contributed by atoms with Crippen molar-refractivity contribution in [1.82, 2.24) is 34.7 Å². The summed E-state index contributed by atoms with van der Waals surface area (Å²) < 4.78 is 27.1. The van der Waals surface area contributed by atoms with Gasteiger partial charge in [-0.05, 0) is 39.2 Å². The smallest absolute Gasteiger partial charge is 0.281 e. The lowest BCUT2D eigenvalue weighted by atomic mass is 9.94. The summed E-state index contributed by atoms with van der Waals surface area (Å²) in [6.45, 7) is 6.43. The highest BCUT2D eigenvalue weighted by atomic mass is 19.3. The number of halogens is 2. The van der Waals surface area contributed by atoms with Crippen LogP contribution in [0, 0.1) is 5.92 Å². The van der Waals surface area contributed by atoms with Gasteiger partial charge in [0.05, 0.1) is 5.56 Å². The van der Waals surface area contributed by atoms with Gasteiger partial charge in [-0.2, -0.15) is 15.0 Å². The highest BCUT2D eigenvalue weighted by molar-refractivity contribution is 5.90. The second kappa shape index (κ2) is 13.6. The van der Waals surface area contributed by atoms with E-state index in [9.17, 15) is 23.2 Å². The number of anilines is 3. The number of rotatable bonds is 9. The quantitative estimate of drug-likeness (QED) is 0.411. The predicted molar refractivity (Wildman–Crippen MR) is 151 cm³/mol. The molecular formula is C27H36F2N10O3. The van der Waals surface area contributed by atoms with Crippen LogP contribution in [0.3, 0.4) is 0 Å². The van der Waals surface area contributed by atoms with Crippen molar-refractivity contribution in [2.24, 2.45) is 5.92 Å². The fourth-order valence-corrected chi connectivity index (χ4v) is 5.12. The van der Waals surface area contributed by atoms with Gasteiger partial charge in [-0.25, -0.2) is 18.7 Å². The van der Waals surface area contributed by atoms with Crippen LogP contribution >= 0.6 is 0 Å². The SMILES string of the molecule is CC(C)=CC(=O)CCCC(=O)N1CCC(C(=O)N2CCN(c3nc(N)nc(-c4cnc(N)nc4C(F)F)n3)CC2)CC1. The Bertz CT molecular complexity index is 1340. The van der Waals surface area contributed by atoms with Gasteiger partial charge in [0.1, 0.15) is 5.69 Å². The maximum Gasteiger partial charge on any atom is 0.281 e. The standard InChI is InChI=1S/C27H36F2N10O3/c1-16(2)14-18(40)4-3-5-20(41)37-8-6-17(7-9-37)24(42)38-10-12-39(13-11-38)27-35-23(34-26(31)36-27)19-15-32-25(30)33-21(19)22(28)29/h14-15,17,22H,3-13H2,1-2H3,(H2,30,32,33)(H2,31,34,35,36). The van der Waals surface area contributed by atoms with Crippen LogP contribution in [-0.4, -0.2) is 91.6 Å². The Morgan fingerprint density at radius 2 is 1.62 bits per heavy atom. The molecule has 2 fully saturated rings. The summed E-state index contributed by atoms with van der Waals surface area (Å²) in [4.78, 5) is 62.9. The van der Waals surface area contributed by atoms with Gasteiger partial charge in [0.15, 0.2) is 11.6 Å². The summed E-state index contributed by atoms with van der Waals surface area (Å²) in [5.74, 6) is -0.402. The number of nitrogen functional groups attached to an aromatic ring is 2. The number of allylic oxidation sites excluding steroid dienone is 2. The summed E-state index contributed by atoms with van der Waals surface area (Å²) >= 11 is 0. The second-order valence-corrected chi connectivity index (χ2v) is 10.7. The molecule has 226 valence electrons. The molecule has 0 saturated carbocycles. The normalized spacial score (nSPS) is 16.1. The van der Waals surface area contributed by atoms with Gasteiger partial charge in [-0.15, -0.1) is 0 Å². The molecule has 4 rings (SSSR count). The summed E-state index contributed by atoms with van der Waals surface area (Å²) in [6, 6.07) is 0. The molecule has 2 saturated heterocycles. The molecule has 2 aromatic heterocycles. The van der Waals surface area contributed by atoms with Crippen LogP contribution in [-0.2, 0) is 14.4 Å². The van der Waals surface area contributed by atoms with Crippen molar-refractivity contribution in [2.75, 3.05) is 55.6 Å². The molecule has 0 unspecified atom stereocenters. The van der Waals surface area contributed by atoms with Gasteiger partial charge in [-0.1, -0.05) is 5.57 Å². The number of aromatic nitrogens is 5. The molecule has 0 bridgehead atoms. The van der Waals surface area contributed by atoms with Crippen molar-refractivity contribution in [1.29, 1.82) is 0 Å². The monoisotopic (exact) mass is 586 g/mol. The first-order valence-electron chi connectivity index (χ1n) is 13.9. The molecule has 2 aliphatic rings. The maximum atomic E-state index is 13.6. The van der Waals surface area contributed by atoms with Gasteiger partial charge in [0.25, 0.3) is 6.43 Å². The number of nitrogens with two attached hydrogens (primary N) is 2. The van der Waals surface area contributed by atoms with Crippen LogP contribution in [0.4, 0.5) is 26.6 Å². The Hall–Kier alpha value is -4.30. The number of piperazine rings is 1. The molecule has 0 aliphatic carbocycles. The van der Waals surface area contributed by atoms with E-state index in [4.69, 9.17) is 11.5 Å². The number of hydrogen-bond donors (Lipinski definition) is 2. The molecular weight excluding hydrogens is 550 g/mol. The number of carbonyl (C=O) groups excluding carboxylic acids is 3. The summed E-state index contributed by atoms with van der Waals surface area (Å²) in [7, 11) is 0. The van der Waals surface area contributed by atoms with E-state index in [-0.39, 0.29) is 52.7 Å². The average molecular weight is 587 g/mol. The van der Waals surface area contributed by atoms with E-state index < -0.39 is 12.1 Å². The fraction of sp³-hybridized carbons (Fsp3) is 0.556. The van der Waals surface area contributed by atoms with Crippen molar-refractivity contribution in [3.05, 3.63) is 23.5 Å². The zero-order valence-corrected chi connectivity index (χ0v) is 23.8. The Morgan fingerprint density at radius 1 is 0.929 bits per heavy atom. The van der Waals surface area contributed by atoms with Crippen molar-refractivity contribution in [3.63, 3.8) is 0 Å². The predicted octanol–water partition coefficient (Wildman–Crippen LogP) is 2.02. The number of piperidine rings is 1. The highest BCUT2D eigenvalue weighted by Gasteiger charge is 2.32. The van der Waals surface area contributed by atoms with Crippen molar-refractivity contribution in [2.45, 2.75) is 52.4 Å². The summed E-state index contributed by atoms with van der Waals surface area (Å²) in [5.41, 5.74) is 11.6. The third kappa shape index (κ3) is 7.70. The van der Waals surface area contributed by atoms with E-state index in [1.165, 1.54) is 0 Å². The number of likely N-dealkylation sites (tertiary alicyclic amines) is 1. The number of amides is 2. The first kappa shape index (κ1) is 30.7. The van der Waals surface area contributed by atoms with Gasteiger partial charge in [0, 0.05) is 64.2 Å². The van der Waals surface area contributed by atoms with Gasteiger partial charge in [0.2, 0.25) is 29.7 Å². The average Bonchev–Trinajstić information content (AvgIpc) is 2.96. The van der Waals surface area contributed by atoms with Crippen LogP contribution in [0.15, 0.2) is 17.8 Å². The van der Waals surface area contributed by atoms with Gasteiger partial charge < -0.3 is 26.2 Å². The molecule has 4 heterocycles. The first-order chi connectivity index (χ1) is 20.0. The number of ketones is 1. The molecule has 0 radical (unpaired) electrons. The van der Waals surface area contributed by atoms with E-state index in [0.717, 1.165) is 11.8 Å². The molecule has 15 heteroatoms. The highest BCUT2D eigenvalue weighted by Crippen LogP contribution is 2.29. The lowest BCUT2D eigenvalue weighted by Crippen LogP contribution is -2.52. The molecule has 0 aromatic carbocycles. The van der Waals surface area contributed by atoms with E-state index in [1.54, 1.807) is 15.9 Å². The Morgan fingerprint density at radius 3 is 2.26 bits per heavy atom. The van der Waals surface area contributed by atoms with Crippen LogP contribution in [0.25, 0.3) is 11.4 Å². The molecule has 2 amide bonds. The van der Waals surface area contributed by atoms with E-state index in [1.807, 2.05) is 18.7 Å². The summed E-state index contributed by atoms with van der Waals surface area (Å²) in [5, 5.41) is 0. The molecule has 4 N–H and O–H groups in total. The Kier molecular flexibility index (Phi) is 9.91. The molecule has 13 nitrogen and oxygen atoms in total. The largest absolute Gasteiger partial charge is 0.368 e. The number of alkyl halides is 2. The van der Waals surface area contributed by atoms with Crippen LogP contribution in [0.5, 0.6) is 0 Å². The summed E-state index contributed by atoms with van der Waals surface area (Å²) in [6.07, 6.45) is 2.17. The van der Waals surface area contributed by atoms with Crippen molar-refractivity contribution >= 4 is 35.4 Å². The minimum absolute atomic E-state index is 0.0155. The molecule has 42 heavy (non-hydrogen) atoms. The van der Waals surface area contributed by atoms with Gasteiger partial charge in [-0.3, -0.25) is 14.4 Å². The third-order valence-corrected chi connectivity index (χ3v) is 7.26. The number of nitrogens with zero attached hydrogens (tertiary/aromatic N) is 8. The number of hydrogen-bond acceptors (Lipinski definition) is 11. The lowest BCUT2D eigenvalue weighted by Gasteiger charge is -2.38. The van der Waals surface area contributed by atoms with Crippen molar-refractivity contribution in [3.8, 4) is 11.4 Å². The molecule has 0 atom stereocenters. The maximum absolute atomic E-state index is 13.6. The van der Waals surface area contributed by atoms with Gasteiger partial charge >= 0.3 is 0 Å². The van der Waals surface area contributed by atoms with E-state index in [2.05, 4.69) is 24.9 Å². The fourth-order valence-electron chi connectivity index (χ4n) is 5.12. The molecule has 0 spiro atoms. The first-order valence-corrected chi connectivity index (χ1v) is 13.9. The van der Waals surface area contributed by atoms with E-state index in [0.29, 0.717) is 71.4 Å². The Labute approximate surface area is 242 Å². The van der Waals surface area contributed by atoms with Crippen LogP contribution in [0.1, 0.15) is 58.1 Å². The van der Waals surface area contributed by atoms with Crippen molar-refractivity contribution < 1.29 is 23.2 Å². The minimum atomic E-state index is -2.92. The zero-order chi connectivity index (χ0) is 30.4. The lowest BCUT2D eigenvalue weighted by molar-refractivity contribution is -0.141. The molecule has 2 aliphatic heterocycles. The van der Waals surface area contributed by atoms with Crippen LogP contribution < -0.4 is 16.4 Å². The van der Waals surface area contributed by atoms with E-state index >= 15 is 0 Å². The number of carbonyl (C=O) groups is 3. The minimum Gasteiger partial charge on any atom is -0.368 e. The Balaban J connectivity index is 1.29. The zero-order valence-electron chi connectivity index (χ0n) is 23.8. The molecule has 2 aromatic rings. The topological polar surface area (TPSA) is 177 Å².